The van der Waals surface area contributed by atoms with Gasteiger partial charge >= 0.3 is 0 Å². The summed E-state index contributed by atoms with van der Waals surface area (Å²) < 4.78 is 22.7. The molecule has 0 unspecified atom stereocenters. The zero-order chi connectivity index (χ0) is 16.3. The van der Waals surface area contributed by atoms with Crippen molar-refractivity contribution in [3.63, 3.8) is 0 Å². The SMILES string of the molecule is C[C@H]1CNCCN1CC(=O)Nc1cc(S(N)(=O)=O)ccc1Cl. The lowest BCUT2D eigenvalue weighted by atomic mass is 10.2. The van der Waals surface area contributed by atoms with E-state index in [4.69, 9.17) is 16.7 Å². The van der Waals surface area contributed by atoms with Gasteiger partial charge in [-0.3, -0.25) is 9.69 Å². The maximum absolute atomic E-state index is 12.1. The Labute approximate surface area is 134 Å². The predicted molar refractivity (Wildman–Crippen MR) is 85.4 cm³/mol. The third-order valence-corrected chi connectivity index (χ3v) is 4.77. The highest BCUT2D eigenvalue weighted by molar-refractivity contribution is 7.89. The number of carbonyl (C=O) groups excluding carboxylic acids is 1. The number of sulfonamides is 1. The van der Waals surface area contributed by atoms with E-state index in [0.29, 0.717) is 0 Å². The number of primary sulfonamides is 1. The van der Waals surface area contributed by atoms with Gasteiger partial charge in [-0.15, -0.1) is 0 Å². The molecule has 22 heavy (non-hydrogen) atoms. The summed E-state index contributed by atoms with van der Waals surface area (Å²) >= 11 is 5.99. The number of nitrogens with two attached hydrogens (primary N) is 1. The molecular formula is C13H19ClN4O3S. The number of carbonyl (C=O) groups is 1. The van der Waals surface area contributed by atoms with E-state index in [1.807, 2.05) is 11.8 Å². The van der Waals surface area contributed by atoms with E-state index in [1.54, 1.807) is 0 Å². The van der Waals surface area contributed by atoms with E-state index < -0.39 is 10.0 Å². The molecule has 7 nitrogen and oxygen atoms in total. The quantitative estimate of drug-likeness (QED) is 0.723. The van der Waals surface area contributed by atoms with Crippen LogP contribution in [0.1, 0.15) is 6.92 Å². The van der Waals surface area contributed by atoms with Gasteiger partial charge in [0.25, 0.3) is 0 Å². The molecule has 0 spiro atoms. The highest BCUT2D eigenvalue weighted by Crippen LogP contribution is 2.24. The molecule has 4 N–H and O–H groups in total. The predicted octanol–water partition coefficient (Wildman–Crippen LogP) is 0.220. The zero-order valence-electron chi connectivity index (χ0n) is 12.2. The number of rotatable bonds is 4. The van der Waals surface area contributed by atoms with Crippen molar-refractivity contribution in [3.05, 3.63) is 23.2 Å². The highest BCUT2D eigenvalue weighted by Gasteiger charge is 2.21. The average molecular weight is 347 g/mol. The second-order valence-corrected chi connectivity index (χ2v) is 7.23. The van der Waals surface area contributed by atoms with Gasteiger partial charge in [-0.05, 0) is 25.1 Å². The molecule has 1 heterocycles. The van der Waals surface area contributed by atoms with E-state index in [9.17, 15) is 13.2 Å². The fourth-order valence-electron chi connectivity index (χ4n) is 2.27. The molecule has 1 saturated heterocycles. The van der Waals surface area contributed by atoms with Crippen LogP contribution in [-0.2, 0) is 14.8 Å². The second kappa shape index (κ2) is 6.93. The van der Waals surface area contributed by atoms with Crippen LogP contribution in [0.4, 0.5) is 5.69 Å². The maximum atomic E-state index is 12.1. The van der Waals surface area contributed by atoms with Gasteiger partial charge in [0, 0.05) is 25.7 Å². The molecule has 0 aromatic heterocycles. The fraction of sp³-hybridized carbons (Fsp3) is 0.462. The Hall–Kier alpha value is -1.19. The number of piperazine rings is 1. The van der Waals surface area contributed by atoms with E-state index in [2.05, 4.69) is 10.6 Å². The van der Waals surface area contributed by atoms with Crippen LogP contribution < -0.4 is 15.8 Å². The smallest absolute Gasteiger partial charge is 0.238 e. The normalized spacial score (nSPS) is 19.9. The lowest BCUT2D eigenvalue weighted by Crippen LogP contribution is -2.52. The van der Waals surface area contributed by atoms with Crippen molar-refractivity contribution < 1.29 is 13.2 Å². The lowest BCUT2D eigenvalue weighted by molar-refractivity contribution is -0.118. The van der Waals surface area contributed by atoms with Crippen molar-refractivity contribution in [2.24, 2.45) is 5.14 Å². The van der Waals surface area contributed by atoms with E-state index in [1.165, 1.54) is 18.2 Å². The Bertz CT molecular complexity index is 665. The molecule has 1 atom stereocenters. The highest BCUT2D eigenvalue weighted by atomic mass is 35.5. The van der Waals surface area contributed by atoms with Gasteiger partial charge in [0.1, 0.15) is 0 Å². The largest absolute Gasteiger partial charge is 0.324 e. The molecule has 9 heteroatoms. The summed E-state index contributed by atoms with van der Waals surface area (Å²) in [6, 6.07) is 4.21. The van der Waals surface area contributed by atoms with Crippen LogP contribution in [0.2, 0.25) is 5.02 Å². The zero-order valence-corrected chi connectivity index (χ0v) is 13.7. The number of nitrogens with one attached hydrogen (secondary N) is 2. The first kappa shape index (κ1) is 17.2. The van der Waals surface area contributed by atoms with Crippen LogP contribution in [0, 0.1) is 0 Å². The minimum absolute atomic E-state index is 0.0947. The number of nitrogens with zero attached hydrogens (tertiary/aromatic N) is 1. The number of halogens is 1. The molecule has 1 aromatic carbocycles. The molecule has 1 aliphatic heterocycles. The third-order valence-electron chi connectivity index (χ3n) is 3.53. The first-order valence-corrected chi connectivity index (χ1v) is 8.77. The minimum atomic E-state index is -3.84. The van der Waals surface area contributed by atoms with Gasteiger partial charge in [-0.25, -0.2) is 13.6 Å². The lowest BCUT2D eigenvalue weighted by Gasteiger charge is -2.33. The van der Waals surface area contributed by atoms with Crippen molar-refractivity contribution in [2.45, 2.75) is 17.9 Å². The summed E-state index contributed by atoms with van der Waals surface area (Å²) in [4.78, 5) is 14.1. The Morgan fingerprint density at radius 2 is 2.27 bits per heavy atom. The van der Waals surface area contributed by atoms with Crippen molar-refractivity contribution in [1.29, 1.82) is 0 Å². The summed E-state index contributed by atoms with van der Waals surface area (Å²) in [5, 5.41) is 11.2. The van der Waals surface area contributed by atoms with Crippen LogP contribution in [0.25, 0.3) is 0 Å². The number of benzene rings is 1. The Kier molecular flexibility index (Phi) is 5.41. The third kappa shape index (κ3) is 4.40. The van der Waals surface area contributed by atoms with Crippen molar-refractivity contribution in [1.82, 2.24) is 10.2 Å². The Morgan fingerprint density at radius 1 is 1.55 bits per heavy atom. The van der Waals surface area contributed by atoms with E-state index in [-0.39, 0.29) is 34.1 Å². The maximum Gasteiger partial charge on any atom is 0.238 e. The monoisotopic (exact) mass is 346 g/mol. The molecule has 1 fully saturated rings. The molecule has 0 bridgehead atoms. The van der Waals surface area contributed by atoms with Gasteiger partial charge in [-0.1, -0.05) is 11.6 Å². The van der Waals surface area contributed by atoms with Gasteiger partial charge < -0.3 is 10.6 Å². The molecular weight excluding hydrogens is 328 g/mol. The number of hydrogen-bond acceptors (Lipinski definition) is 5. The first-order chi connectivity index (χ1) is 10.3. The Balaban J connectivity index is 2.08. The summed E-state index contributed by atoms with van der Waals surface area (Å²) in [5.41, 5.74) is 0.237. The Morgan fingerprint density at radius 3 is 2.91 bits per heavy atom. The van der Waals surface area contributed by atoms with Crippen molar-refractivity contribution in [3.8, 4) is 0 Å². The molecule has 1 amide bonds. The summed E-state index contributed by atoms with van der Waals surface area (Å²) in [7, 11) is -3.84. The van der Waals surface area contributed by atoms with Crippen LogP contribution in [0.3, 0.4) is 0 Å². The van der Waals surface area contributed by atoms with Crippen LogP contribution >= 0.6 is 11.6 Å². The van der Waals surface area contributed by atoms with Gasteiger partial charge in [0.2, 0.25) is 15.9 Å². The fourth-order valence-corrected chi connectivity index (χ4v) is 2.97. The van der Waals surface area contributed by atoms with Crippen LogP contribution in [0.5, 0.6) is 0 Å². The van der Waals surface area contributed by atoms with Gasteiger partial charge in [0.05, 0.1) is 22.2 Å². The average Bonchev–Trinajstić information content (AvgIpc) is 2.42. The minimum Gasteiger partial charge on any atom is -0.324 e. The topological polar surface area (TPSA) is 105 Å². The standard InChI is InChI=1S/C13H19ClN4O3S/c1-9-7-16-4-5-18(9)8-13(19)17-12-6-10(22(15,20)21)2-3-11(12)14/h2-3,6,9,16H,4-5,7-8H2,1H3,(H,17,19)(H2,15,20,21)/t9-/m0/s1. The molecule has 1 aliphatic rings. The second-order valence-electron chi connectivity index (χ2n) is 5.26. The molecule has 2 rings (SSSR count). The van der Waals surface area contributed by atoms with Gasteiger partial charge in [0.15, 0.2) is 0 Å². The van der Waals surface area contributed by atoms with E-state index >= 15 is 0 Å². The summed E-state index contributed by atoms with van der Waals surface area (Å²) in [6.45, 7) is 4.70. The van der Waals surface area contributed by atoms with Crippen molar-refractivity contribution >= 4 is 33.2 Å². The summed E-state index contributed by atoms with van der Waals surface area (Å²) in [6.07, 6.45) is 0. The van der Waals surface area contributed by atoms with E-state index in [0.717, 1.165) is 19.6 Å². The molecule has 122 valence electrons. The van der Waals surface area contributed by atoms with Crippen LogP contribution in [-0.4, -0.2) is 51.4 Å². The molecule has 0 aliphatic carbocycles. The van der Waals surface area contributed by atoms with Gasteiger partial charge in [-0.2, -0.15) is 0 Å². The molecule has 0 radical (unpaired) electrons. The van der Waals surface area contributed by atoms with Crippen molar-refractivity contribution in [2.75, 3.05) is 31.5 Å². The molecule has 1 aromatic rings. The van der Waals surface area contributed by atoms with Crippen LogP contribution in [0.15, 0.2) is 23.1 Å². The summed E-state index contributed by atoms with van der Waals surface area (Å²) in [5.74, 6) is -0.248. The first-order valence-electron chi connectivity index (χ1n) is 6.84. The molecule has 0 saturated carbocycles. The number of amides is 1. The number of hydrogen-bond donors (Lipinski definition) is 3. The number of anilines is 1.